The highest BCUT2D eigenvalue weighted by atomic mass is 32.2. The second-order valence-electron chi connectivity index (χ2n) is 6.44. The van der Waals surface area contributed by atoms with E-state index in [0.29, 0.717) is 10.3 Å². The Morgan fingerprint density at radius 3 is 2.59 bits per heavy atom. The molecule has 2 heterocycles. The van der Waals surface area contributed by atoms with Gasteiger partial charge in [-0.25, -0.2) is 4.98 Å². The molecule has 2 aromatic heterocycles. The molecule has 1 N–H and O–H groups in total. The third-order valence-electron chi connectivity index (χ3n) is 4.24. The predicted molar refractivity (Wildman–Crippen MR) is 118 cm³/mol. The van der Waals surface area contributed by atoms with Gasteiger partial charge >= 0.3 is 0 Å². The van der Waals surface area contributed by atoms with Gasteiger partial charge in [-0.2, -0.15) is 0 Å². The molecule has 0 radical (unpaired) electrons. The summed E-state index contributed by atoms with van der Waals surface area (Å²) in [6.07, 6.45) is 0. The lowest BCUT2D eigenvalue weighted by atomic mass is 10.1. The van der Waals surface area contributed by atoms with Crippen molar-refractivity contribution in [3.8, 4) is 16.9 Å². The summed E-state index contributed by atoms with van der Waals surface area (Å²) in [5.41, 5.74) is 4.07. The average Bonchev–Trinajstić information content (AvgIpc) is 3.34. The number of para-hydroxylation sites is 1. The predicted octanol–water partition coefficient (Wildman–Crippen LogP) is 4.74. The number of anilines is 1. The van der Waals surface area contributed by atoms with Crippen molar-refractivity contribution in [1.29, 1.82) is 0 Å². The molecule has 29 heavy (non-hydrogen) atoms. The second-order valence-corrected chi connectivity index (χ2v) is 8.24. The molecule has 0 aliphatic rings. The molecule has 0 atom stereocenters. The minimum absolute atomic E-state index is 0.125. The molecule has 0 spiro atoms. The molecule has 4 rings (SSSR count). The summed E-state index contributed by atoms with van der Waals surface area (Å²) in [4.78, 5) is 16.9. The molecule has 0 saturated carbocycles. The van der Waals surface area contributed by atoms with Gasteiger partial charge in [0.05, 0.1) is 11.4 Å². The third-order valence-corrected chi connectivity index (χ3v) is 5.93. The van der Waals surface area contributed by atoms with Crippen molar-refractivity contribution in [2.75, 3.05) is 11.1 Å². The molecule has 0 fully saturated rings. The van der Waals surface area contributed by atoms with Crippen molar-refractivity contribution >= 4 is 34.1 Å². The van der Waals surface area contributed by atoms with E-state index < -0.39 is 0 Å². The number of benzene rings is 2. The van der Waals surface area contributed by atoms with Crippen LogP contribution in [0.4, 0.5) is 5.13 Å². The molecule has 6 nitrogen and oxygen atoms in total. The Labute approximate surface area is 177 Å². The van der Waals surface area contributed by atoms with E-state index in [1.165, 1.54) is 28.7 Å². The molecule has 0 aliphatic carbocycles. The van der Waals surface area contributed by atoms with E-state index in [1.54, 1.807) is 0 Å². The summed E-state index contributed by atoms with van der Waals surface area (Å²) < 4.78 is 1.94. The number of carbonyl (C=O) groups is 1. The Morgan fingerprint density at radius 2 is 1.83 bits per heavy atom. The highest BCUT2D eigenvalue weighted by molar-refractivity contribution is 7.99. The first-order valence-electron chi connectivity index (χ1n) is 9.03. The number of thioether (sulfide) groups is 1. The van der Waals surface area contributed by atoms with Gasteiger partial charge in [-0.05, 0) is 26.0 Å². The Morgan fingerprint density at radius 1 is 1.07 bits per heavy atom. The fraction of sp³-hybridized carbons (Fsp3) is 0.143. The molecule has 8 heteroatoms. The monoisotopic (exact) mass is 421 g/mol. The molecule has 146 valence electrons. The number of hydrogen-bond donors (Lipinski definition) is 1. The van der Waals surface area contributed by atoms with Gasteiger partial charge in [0.25, 0.3) is 0 Å². The maximum absolute atomic E-state index is 12.4. The van der Waals surface area contributed by atoms with Crippen LogP contribution in [0.25, 0.3) is 16.9 Å². The molecule has 0 saturated heterocycles. The number of aryl methyl sites for hydroxylation is 2. The number of aromatic nitrogens is 4. The number of amides is 1. The molecule has 0 aliphatic heterocycles. The SMILES string of the molecule is Cc1ccc(-c2csc(NC(=O)CSc3nnc(C)n3-c3ccccc3)n2)cc1. The summed E-state index contributed by atoms with van der Waals surface area (Å²) in [6.45, 7) is 3.94. The first kappa shape index (κ1) is 19.4. The Balaban J connectivity index is 1.40. The first-order chi connectivity index (χ1) is 14.1. The maximum atomic E-state index is 12.4. The van der Waals surface area contributed by atoms with E-state index >= 15 is 0 Å². The van der Waals surface area contributed by atoms with Crippen LogP contribution in [0.2, 0.25) is 0 Å². The Kier molecular flexibility index (Phi) is 5.73. The van der Waals surface area contributed by atoms with E-state index in [4.69, 9.17) is 0 Å². The van der Waals surface area contributed by atoms with Gasteiger partial charge in [0, 0.05) is 16.6 Å². The van der Waals surface area contributed by atoms with E-state index in [1.807, 2.05) is 66.3 Å². The van der Waals surface area contributed by atoms with Crippen molar-refractivity contribution in [2.45, 2.75) is 19.0 Å². The van der Waals surface area contributed by atoms with Crippen molar-refractivity contribution in [2.24, 2.45) is 0 Å². The Bertz CT molecular complexity index is 1120. The first-order valence-corrected chi connectivity index (χ1v) is 10.9. The van der Waals surface area contributed by atoms with Gasteiger partial charge in [0.1, 0.15) is 5.82 Å². The highest BCUT2D eigenvalue weighted by Gasteiger charge is 2.14. The van der Waals surface area contributed by atoms with Crippen molar-refractivity contribution < 1.29 is 4.79 Å². The number of carbonyl (C=O) groups excluding carboxylic acids is 1. The molecular formula is C21H19N5OS2. The zero-order valence-corrected chi connectivity index (χ0v) is 17.6. The molecule has 0 unspecified atom stereocenters. The van der Waals surface area contributed by atoms with Crippen LogP contribution in [0, 0.1) is 13.8 Å². The van der Waals surface area contributed by atoms with Gasteiger partial charge < -0.3 is 5.32 Å². The summed E-state index contributed by atoms with van der Waals surface area (Å²) in [5, 5.41) is 14.4. The molecule has 2 aromatic carbocycles. The molecule has 0 bridgehead atoms. The van der Waals surface area contributed by atoms with E-state index in [9.17, 15) is 4.79 Å². The topological polar surface area (TPSA) is 72.7 Å². The maximum Gasteiger partial charge on any atom is 0.236 e. The van der Waals surface area contributed by atoms with E-state index in [-0.39, 0.29) is 11.7 Å². The van der Waals surface area contributed by atoms with Crippen LogP contribution in [0.5, 0.6) is 0 Å². The number of nitrogens with one attached hydrogen (secondary N) is 1. The molecular weight excluding hydrogens is 402 g/mol. The molecule has 1 amide bonds. The van der Waals surface area contributed by atoms with Gasteiger partial charge in [0.15, 0.2) is 10.3 Å². The standard InChI is InChI=1S/C21H19N5OS2/c1-14-8-10-16(11-9-14)18-12-28-20(22-18)23-19(27)13-29-21-25-24-15(2)26(21)17-6-4-3-5-7-17/h3-12H,13H2,1-2H3,(H,22,23,27). The fourth-order valence-electron chi connectivity index (χ4n) is 2.78. The summed E-state index contributed by atoms with van der Waals surface area (Å²) >= 11 is 2.77. The number of thiazole rings is 1. The third kappa shape index (κ3) is 4.55. The highest BCUT2D eigenvalue weighted by Crippen LogP contribution is 2.26. The fourth-order valence-corrected chi connectivity index (χ4v) is 4.32. The average molecular weight is 422 g/mol. The van der Waals surface area contributed by atoms with Crippen LogP contribution in [-0.2, 0) is 4.79 Å². The van der Waals surface area contributed by atoms with Gasteiger partial charge in [-0.1, -0.05) is 59.8 Å². The second kappa shape index (κ2) is 8.59. The molecule has 4 aromatic rings. The van der Waals surface area contributed by atoms with Gasteiger partial charge in [0.2, 0.25) is 5.91 Å². The van der Waals surface area contributed by atoms with Crippen molar-refractivity contribution in [3.63, 3.8) is 0 Å². The summed E-state index contributed by atoms with van der Waals surface area (Å²) in [7, 11) is 0. The van der Waals surface area contributed by atoms with Gasteiger partial charge in [-0.15, -0.1) is 21.5 Å². The van der Waals surface area contributed by atoms with Crippen LogP contribution in [0.3, 0.4) is 0 Å². The van der Waals surface area contributed by atoms with Crippen LogP contribution in [0.1, 0.15) is 11.4 Å². The van der Waals surface area contributed by atoms with Crippen molar-refractivity contribution in [1.82, 2.24) is 19.7 Å². The van der Waals surface area contributed by atoms with Crippen LogP contribution < -0.4 is 5.32 Å². The zero-order valence-electron chi connectivity index (χ0n) is 16.0. The zero-order chi connectivity index (χ0) is 20.2. The lowest BCUT2D eigenvalue weighted by Crippen LogP contribution is -2.14. The largest absolute Gasteiger partial charge is 0.301 e. The van der Waals surface area contributed by atoms with Crippen LogP contribution >= 0.6 is 23.1 Å². The minimum atomic E-state index is -0.125. The smallest absolute Gasteiger partial charge is 0.236 e. The quantitative estimate of drug-likeness (QED) is 0.455. The minimum Gasteiger partial charge on any atom is -0.301 e. The number of rotatable bonds is 6. The number of nitrogens with zero attached hydrogens (tertiary/aromatic N) is 4. The lowest BCUT2D eigenvalue weighted by Gasteiger charge is -2.07. The van der Waals surface area contributed by atoms with Crippen LogP contribution in [-0.4, -0.2) is 31.4 Å². The lowest BCUT2D eigenvalue weighted by molar-refractivity contribution is -0.113. The number of hydrogen-bond acceptors (Lipinski definition) is 6. The summed E-state index contributed by atoms with van der Waals surface area (Å²) in [5.74, 6) is 0.881. The Hall–Kier alpha value is -2.97. The van der Waals surface area contributed by atoms with Gasteiger partial charge in [-0.3, -0.25) is 9.36 Å². The van der Waals surface area contributed by atoms with E-state index in [2.05, 4.69) is 32.6 Å². The van der Waals surface area contributed by atoms with E-state index in [0.717, 1.165) is 22.8 Å². The van der Waals surface area contributed by atoms with Crippen LogP contribution in [0.15, 0.2) is 65.1 Å². The normalized spacial score (nSPS) is 10.8. The summed E-state index contributed by atoms with van der Waals surface area (Å²) in [6, 6.07) is 18.0. The van der Waals surface area contributed by atoms with Crippen molar-refractivity contribution in [3.05, 3.63) is 71.4 Å².